The molecule has 0 aromatic rings. The number of likely N-dealkylation sites (tertiary alicyclic amines) is 1. The molecular formula is C12H26N2O2. The van der Waals surface area contributed by atoms with Crippen molar-refractivity contribution >= 4 is 0 Å². The molecule has 4 nitrogen and oxygen atoms in total. The lowest BCUT2D eigenvalue weighted by atomic mass is 9.99. The highest BCUT2D eigenvalue weighted by Crippen LogP contribution is 2.17. The van der Waals surface area contributed by atoms with Gasteiger partial charge < -0.3 is 20.4 Å². The minimum absolute atomic E-state index is 0.0238. The summed E-state index contributed by atoms with van der Waals surface area (Å²) in [5.41, 5.74) is -0.534. The summed E-state index contributed by atoms with van der Waals surface area (Å²) in [6.45, 7) is 3.85. The van der Waals surface area contributed by atoms with E-state index in [9.17, 15) is 0 Å². The van der Waals surface area contributed by atoms with Crippen LogP contribution >= 0.6 is 0 Å². The molecule has 96 valence electrons. The van der Waals surface area contributed by atoms with E-state index in [2.05, 4.69) is 17.3 Å². The predicted octanol–water partition coefficient (Wildman–Crippen LogP) is 0.194. The van der Waals surface area contributed by atoms with E-state index in [1.807, 2.05) is 6.92 Å². The molecule has 16 heavy (non-hydrogen) atoms. The van der Waals surface area contributed by atoms with Crippen molar-refractivity contribution in [2.24, 2.45) is 0 Å². The molecule has 1 aliphatic heterocycles. The second-order valence-electron chi connectivity index (χ2n) is 5.22. The van der Waals surface area contributed by atoms with Gasteiger partial charge >= 0.3 is 0 Å². The molecule has 1 aliphatic rings. The molecule has 1 atom stereocenters. The van der Waals surface area contributed by atoms with Crippen LogP contribution in [0.15, 0.2) is 0 Å². The van der Waals surface area contributed by atoms with Gasteiger partial charge in [-0.05, 0) is 46.3 Å². The summed E-state index contributed by atoms with van der Waals surface area (Å²) in [7, 11) is 2.18. The zero-order chi connectivity index (χ0) is 12.0. The van der Waals surface area contributed by atoms with Crippen LogP contribution in [0.3, 0.4) is 0 Å². The Morgan fingerprint density at radius 1 is 1.31 bits per heavy atom. The Labute approximate surface area is 98.6 Å². The van der Waals surface area contributed by atoms with Crippen molar-refractivity contribution in [3.8, 4) is 0 Å². The summed E-state index contributed by atoms with van der Waals surface area (Å²) in [5, 5.41) is 21.5. The number of aliphatic hydroxyl groups is 2. The average molecular weight is 230 g/mol. The fourth-order valence-electron chi connectivity index (χ4n) is 2.21. The molecule has 0 amide bonds. The van der Waals surface area contributed by atoms with Crippen LogP contribution in [-0.4, -0.2) is 60.0 Å². The van der Waals surface area contributed by atoms with Gasteiger partial charge in [0.2, 0.25) is 0 Å². The Bertz CT molecular complexity index is 195. The number of piperidine rings is 1. The van der Waals surface area contributed by atoms with E-state index in [-0.39, 0.29) is 13.2 Å². The summed E-state index contributed by atoms with van der Waals surface area (Å²) in [6.07, 6.45) is 5.00. The lowest BCUT2D eigenvalue weighted by Gasteiger charge is -2.34. The first-order valence-electron chi connectivity index (χ1n) is 6.28. The molecule has 1 saturated heterocycles. The lowest BCUT2D eigenvalue weighted by molar-refractivity contribution is 0.0989. The Morgan fingerprint density at radius 3 is 2.56 bits per heavy atom. The molecule has 1 heterocycles. The zero-order valence-corrected chi connectivity index (χ0v) is 10.6. The molecule has 0 aliphatic carbocycles. The Kier molecular flexibility index (Phi) is 5.69. The number of hydrogen-bond acceptors (Lipinski definition) is 4. The van der Waals surface area contributed by atoms with Crippen LogP contribution in [-0.2, 0) is 0 Å². The standard InChI is InChI=1S/C12H26N2O2/c1-12(9-15,10-16)13-7-6-11-5-3-4-8-14(11)2/h11,13,15-16H,3-10H2,1-2H3. The third-order valence-corrected chi connectivity index (χ3v) is 3.65. The van der Waals surface area contributed by atoms with Crippen molar-refractivity contribution in [2.75, 3.05) is 33.4 Å². The number of aliphatic hydroxyl groups excluding tert-OH is 2. The van der Waals surface area contributed by atoms with E-state index >= 15 is 0 Å². The summed E-state index contributed by atoms with van der Waals surface area (Å²) in [4.78, 5) is 2.42. The van der Waals surface area contributed by atoms with Crippen LogP contribution in [0.1, 0.15) is 32.6 Å². The molecular weight excluding hydrogens is 204 g/mol. The lowest BCUT2D eigenvalue weighted by Crippen LogP contribution is -2.50. The molecule has 0 aromatic heterocycles. The summed E-state index contributed by atoms with van der Waals surface area (Å²) in [6, 6.07) is 0.655. The summed E-state index contributed by atoms with van der Waals surface area (Å²) < 4.78 is 0. The highest BCUT2D eigenvalue weighted by molar-refractivity contribution is 4.83. The van der Waals surface area contributed by atoms with Gasteiger partial charge in [-0.15, -0.1) is 0 Å². The van der Waals surface area contributed by atoms with Gasteiger partial charge in [-0.25, -0.2) is 0 Å². The van der Waals surface area contributed by atoms with Crippen LogP contribution in [0, 0.1) is 0 Å². The highest BCUT2D eigenvalue weighted by atomic mass is 16.3. The molecule has 0 saturated carbocycles. The minimum Gasteiger partial charge on any atom is -0.394 e. The molecule has 4 heteroatoms. The topological polar surface area (TPSA) is 55.7 Å². The smallest absolute Gasteiger partial charge is 0.0633 e. The summed E-state index contributed by atoms with van der Waals surface area (Å²) >= 11 is 0. The van der Waals surface area contributed by atoms with E-state index in [1.54, 1.807) is 0 Å². The zero-order valence-electron chi connectivity index (χ0n) is 10.6. The average Bonchev–Trinajstić information content (AvgIpc) is 2.31. The highest BCUT2D eigenvalue weighted by Gasteiger charge is 2.23. The van der Waals surface area contributed by atoms with Crippen molar-refractivity contribution < 1.29 is 10.2 Å². The van der Waals surface area contributed by atoms with E-state index in [0.717, 1.165) is 13.0 Å². The number of hydrogen-bond donors (Lipinski definition) is 3. The Hall–Kier alpha value is -0.160. The number of nitrogens with one attached hydrogen (secondary N) is 1. The second-order valence-corrected chi connectivity index (χ2v) is 5.22. The monoisotopic (exact) mass is 230 g/mol. The van der Waals surface area contributed by atoms with Crippen molar-refractivity contribution in [3.05, 3.63) is 0 Å². The van der Waals surface area contributed by atoms with Crippen LogP contribution < -0.4 is 5.32 Å². The van der Waals surface area contributed by atoms with Gasteiger partial charge in [-0.1, -0.05) is 6.42 Å². The molecule has 0 aromatic carbocycles. The van der Waals surface area contributed by atoms with Crippen molar-refractivity contribution in [3.63, 3.8) is 0 Å². The number of nitrogens with zero attached hydrogens (tertiary/aromatic N) is 1. The van der Waals surface area contributed by atoms with Crippen molar-refractivity contribution in [2.45, 2.75) is 44.2 Å². The molecule has 0 spiro atoms. The van der Waals surface area contributed by atoms with Gasteiger partial charge in [0, 0.05) is 6.04 Å². The summed E-state index contributed by atoms with van der Waals surface area (Å²) in [5.74, 6) is 0. The fourth-order valence-corrected chi connectivity index (χ4v) is 2.21. The molecule has 1 unspecified atom stereocenters. The predicted molar refractivity (Wildman–Crippen MR) is 65.5 cm³/mol. The van der Waals surface area contributed by atoms with Crippen molar-refractivity contribution in [1.29, 1.82) is 0 Å². The molecule has 0 bridgehead atoms. The first kappa shape index (κ1) is 13.9. The first-order valence-corrected chi connectivity index (χ1v) is 6.28. The van der Waals surface area contributed by atoms with Crippen LogP contribution in [0.25, 0.3) is 0 Å². The first-order chi connectivity index (χ1) is 7.61. The van der Waals surface area contributed by atoms with E-state index in [0.29, 0.717) is 6.04 Å². The van der Waals surface area contributed by atoms with Gasteiger partial charge in [-0.2, -0.15) is 0 Å². The Morgan fingerprint density at radius 2 is 2.00 bits per heavy atom. The van der Waals surface area contributed by atoms with Crippen LogP contribution in [0.4, 0.5) is 0 Å². The SMILES string of the molecule is CN1CCCCC1CCNC(C)(CO)CO. The quantitative estimate of drug-likeness (QED) is 0.610. The fraction of sp³-hybridized carbons (Fsp3) is 1.00. The third kappa shape index (κ3) is 4.01. The maximum atomic E-state index is 9.14. The van der Waals surface area contributed by atoms with Gasteiger partial charge in [-0.3, -0.25) is 0 Å². The van der Waals surface area contributed by atoms with Gasteiger partial charge in [0.25, 0.3) is 0 Å². The third-order valence-electron chi connectivity index (χ3n) is 3.65. The van der Waals surface area contributed by atoms with Crippen molar-refractivity contribution in [1.82, 2.24) is 10.2 Å². The largest absolute Gasteiger partial charge is 0.394 e. The molecule has 1 fully saturated rings. The van der Waals surface area contributed by atoms with Gasteiger partial charge in [0.1, 0.15) is 0 Å². The van der Waals surface area contributed by atoms with E-state index in [4.69, 9.17) is 10.2 Å². The minimum atomic E-state index is -0.534. The normalized spacial score (nSPS) is 23.6. The molecule has 1 rings (SSSR count). The number of rotatable bonds is 6. The second kappa shape index (κ2) is 6.55. The van der Waals surface area contributed by atoms with Gasteiger partial charge in [0.05, 0.1) is 18.8 Å². The maximum Gasteiger partial charge on any atom is 0.0633 e. The van der Waals surface area contributed by atoms with E-state index in [1.165, 1.54) is 25.8 Å². The van der Waals surface area contributed by atoms with Crippen LogP contribution in [0.5, 0.6) is 0 Å². The molecule has 0 radical (unpaired) electrons. The molecule has 3 N–H and O–H groups in total. The Balaban J connectivity index is 2.23. The van der Waals surface area contributed by atoms with Gasteiger partial charge in [0.15, 0.2) is 0 Å². The van der Waals surface area contributed by atoms with E-state index < -0.39 is 5.54 Å². The maximum absolute atomic E-state index is 9.14. The van der Waals surface area contributed by atoms with Crippen LogP contribution in [0.2, 0.25) is 0 Å².